The molecule has 32 heavy (non-hydrogen) atoms. The molecule has 184 valence electrons. The number of aromatic amines is 1. The van der Waals surface area contributed by atoms with Gasteiger partial charge >= 0.3 is 41.5 Å². The van der Waals surface area contributed by atoms with E-state index in [9.17, 15) is 14.4 Å². The van der Waals surface area contributed by atoms with Gasteiger partial charge in [-0.15, -0.1) is 6.61 Å². The number of nitrogens with one attached hydrogen (secondary N) is 1. The minimum Gasteiger partial charge on any atom is -1.00 e. The number of aliphatic hydroxyl groups excluding tert-OH is 1. The summed E-state index contributed by atoms with van der Waals surface area (Å²) < 4.78 is 9.26. The maximum Gasteiger partial charge on any atom is 1.00 e. The number of hydrogen-bond acceptors (Lipinski definition) is 9. The summed E-state index contributed by atoms with van der Waals surface area (Å²) in [5.41, 5.74) is 4.44. The molecular formula is C18H36ClN4NaO8. The van der Waals surface area contributed by atoms with E-state index in [1.165, 1.54) is 13.8 Å². The molecule has 0 atom stereocenters. The van der Waals surface area contributed by atoms with Crippen molar-refractivity contribution in [2.24, 2.45) is 11.7 Å². The number of ether oxygens (including phenoxy) is 2. The summed E-state index contributed by atoms with van der Waals surface area (Å²) in [7, 11) is 0. The fourth-order valence-corrected chi connectivity index (χ4v) is 1.09. The Morgan fingerprint density at radius 2 is 1.56 bits per heavy atom. The van der Waals surface area contributed by atoms with Crippen LogP contribution >= 0.6 is 0 Å². The molecule has 0 saturated heterocycles. The number of esters is 2. The van der Waals surface area contributed by atoms with E-state index in [-0.39, 0.29) is 85.4 Å². The van der Waals surface area contributed by atoms with E-state index in [4.69, 9.17) is 15.3 Å². The normalized spacial score (nSPS) is 7.78. The number of H-pyrrole nitrogens is 1. The Morgan fingerprint density at radius 1 is 1.25 bits per heavy atom. The Hall–Kier alpha value is -1.70. The first kappa shape index (κ1) is 44.1. The fraction of sp³-hybridized carbons (Fsp3) is 0.611. The van der Waals surface area contributed by atoms with E-state index in [1.54, 1.807) is 27.7 Å². The predicted octanol–water partition coefficient (Wildman–Crippen LogP) is -8.36. The van der Waals surface area contributed by atoms with Gasteiger partial charge in [0.2, 0.25) is 12.2 Å². The topological polar surface area (TPSA) is 213 Å². The predicted molar refractivity (Wildman–Crippen MR) is 109 cm³/mol. The Labute approximate surface area is 217 Å². The van der Waals surface area contributed by atoms with Crippen LogP contribution in [0, 0.1) is 12.8 Å². The first-order chi connectivity index (χ1) is 14.1. The van der Waals surface area contributed by atoms with E-state index in [2.05, 4.69) is 30.6 Å². The largest absolute Gasteiger partial charge is 1.00 e. The first-order valence-corrected chi connectivity index (χ1v) is 9.10. The van der Waals surface area contributed by atoms with Gasteiger partial charge in [0.15, 0.2) is 5.92 Å². The SMILES string of the molecule is CCO.CCOC(=O)C(C)C(=O)OCC.CC[O-].Cc1c(O)nc[nH]c1=O.NC=[NH2+].[Cl-].[Na+]. The monoisotopic (exact) mass is 494 g/mol. The zero-order valence-electron chi connectivity index (χ0n) is 19.9. The van der Waals surface area contributed by atoms with Gasteiger partial charge in [-0.1, -0.05) is 6.92 Å². The van der Waals surface area contributed by atoms with Gasteiger partial charge in [-0.3, -0.25) is 25.5 Å². The zero-order valence-corrected chi connectivity index (χ0v) is 22.6. The number of aromatic hydroxyl groups is 1. The van der Waals surface area contributed by atoms with Gasteiger partial charge in [-0.05, 0) is 34.6 Å². The van der Waals surface area contributed by atoms with Gasteiger partial charge in [0.25, 0.3) is 5.56 Å². The van der Waals surface area contributed by atoms with Crippen LogP contribution < -0.4 is 63.8 Å². The summed E-state index contributed by atoms with van der Waals surface area (Å²) in [6.45, 7) is 10.4. The first-order valence-electron chi connectivity index (χ1n) is 9.10. The number of nitrogens with zero attached hydrogens (tertiary/aromatic N) is 1. The average molecular weight is 495 g/mol. The van der Waals surface area contributed by atoms with Crippen LogP contribution in [0.25, 0.3) is 0 Å². The smallest absolute Gasteiger partial charge is 1.00 e. The third-order valence-corrected chi connectivity index (χ3v) is 2.34. The molecule has 0 unspecified atom stereocenters. The molecule has 0 saturated carbocycles. The van der Waals surface area contributed by atoms with Crippen LogP contribution in [0.4, 0.5) is 0 Å². The van der Waals surface area contributed by atoms with Gasteiger partial charge in [0.1, 0.15) is 0 Å². The number of aliphatic hydroxyl groups is 1. The van der Waals surface area contributed by atoms with E-state index >= 15 is 0 Å². The number of nitrogens with two attached hydrogens (primary N) is 2. The van der Waals surface area contributed by atoms with Gasteiger partial charge in [-0.2, -0.15) is 0 Å². The zero-order chi connectivity index (χ0) is 24.5. The number of halogens is 1. The average Bonchev–Trinajstić information content (AvgIpc) is 2.68. The van der Waals surface area contributed by atoms with Crippen molar-refractivity contribution in [1.82, 2.24) is 9.97 Å². The summed E-state index contributed by atoms with van der Waals surface area (Å²) in [4.78, 5) is 38.2. The van der Waals surface area contributed by atoms with Gasteiger partial charge < -0.3 is 42.2 Å². The summed E-state index contributed by atoms with van der Waals surface area (Å²) >= 11 is 0. The van der Waals surface area contributed by atoms with Crippen LogP contribution in [0.5, 0.6) is 5.88 Å². The van der Waals surface area contributed by atoms with Crippen molar-refractivity contribution >= 4 is 18.3 Å². The van der Waals surface area contributed by atoms with Crippen LogP contribution in [-0.4, -0.2) is 64.9 Å². The summed E-state index contributed by atoms with van der Waals surface area (Å²) in [6, 6.07) is 0. The van der Waals surface area contributed by atoms with Crippen LogP contribution in [0.3, 0.4) is 0 Å². The third kappa shape index (κ3) is 30.5. The second-order valence-electron chi connectivity index (χ2n) is 4.70. The third-order valence-electron chi connectivity index (χ3n) is 2.34. The molecule has 0 aliphatic rings. The van der Waals surface area contributed by atoms with Crippen molar-refractivity contribution in [1.29, 1.82) is 0 Å². The number of aromatic nitrogens is 2. The Balaban J connectivity index is -0.0000000746. The fourth-order valence-electron chi connectivity index (χ4n) is 1.09. The van der Waals surface area contributed by atoms with Crippen molar-refractivity contribution in [3.63, 3.8) is 0 Å². The van der Waals surface area contributed by atoms with Crippen LogP contribution in [0.1, 0.15) is 40.2 Å². The number of rotatable bonds is 4. The molecule has 1 aromatic rings. The Bertz CT molecular complexity index is 601. The molecule has 7 N–H and O–H groups in total. The van der Waals surface area contributed by atoms with Crippen LogP contribution in [0.2, 0.25) is 0 Å². The maximum absolute atomic E-state index is 10.9. The van der Waals surface area contributed by atoms with Crippen LogP contribution in [0.15, 0.2) is 11.1 Å². The van der Waals surface area contributed by atoms with Gasteiger partial charge in [0, 0.05) is 6.61 Å². The van der Waals surface area contributed by atoms with E-state index in [1.807, 2.05) is 0 Å². The molecule has 0 aromatic carbocycles. The van der Waals surface area contributed by atoms with E-state index in [0.29, 0.717) is 0 Å². The molecule has 1 heterocycles. The molecular weight excluding hydrogens is 459 g/mol. The molecule has 0 radical (unpaired) electrons. The van der Waals surface area contributed by atoms with Crippen molar-refractivity contribution in [2.75, 3.05) is 26.4 Å². The minimum absolute atomic E-state index is 0. The molecule has 14 heteroatoms. The van der Waals surface area contributed by atoms with Crippen molar-refractivity contribution in [3.8, 4) is 5.88 Å². The second kappa shape index (κ2) is 33.9. The molecule has 0 spiro atoms. The Kier molecular flexibility index (Phi) is 46.7. The number of carbonyl (C=O) groups is 2. The molecule has 1 aromatic heterocycles. The van der Waals surface area contributed by atoms with Crippen molar-refractivity contribution in [2.45, 2.75) is 41.5 Å². The molecule has 1 rings (SSSR count). The number of hydrogen-bond donors (Lipinski definition) is 5. The number of carbonyl (C=O) groups excluding carboxylic acids is 2. The molecule has 12 nitrogen and oxygen atoms in total. The summed E-state index contributed by atoms with van der Waals surface area (Å²) in [6.07, 6.45) is 2.16. The van der Waals surface area contributed by atoms with Gasteiger partial charge in [-0.25, -0.2) is 4.98 Å². The molecule has 0 amide bonds. The van der Waals surface area contributed by atoms with Crippen LogP contribution in [-0.2, 0) is 19.1 Å². The standard InChI is InChI=1S/C8H14O4.C5H6N2O2.C2H6O.C2H5O.CH4N2.ClH.Na/c1-4-11-7(9)6(3)8(10)12-5-2;1-3-4(8)6-2-7-5(3)9;2*1-2-3;2-1-3;;/h6H,4-5H2,1-3H3;2H,1H3,(H2,6,7,8,9);3H,2H2,1H3;2H2,1H3;1H,(H3,2,3);1H;/q;;;-1;;;+1. The molecule has 0 bridgehead atoms. The molecule has 0 fully saturated rings. The van der Waals surface area contributed by atoms with Gasteiger partial charge in [0.05, 0.1) is 25.1 Å². The van der Waals surface area contributed by atoms with Crippen molar-refractivity contribution < 1.29 is 81.8 Å². The van der Waals surface area contributed by atoms with E-state index < -0.39 is 17.9 Å². The maximum atomic E-state index is 10.9. The van der Waals surface area contributed by atoms with E-state index in [0.717, 1.165) is 12.7 Å². The minimum atomic E-state index is -0.815. The Morgan fingerprint density at radius 3 is 1.78 bits per heavy atom. The molecule has 0 aliphatic heterocycles. The summed E-state index contributed by atoms with van der Waals surface area (Å²) in [5, 5.41) is 29.8. The van der Waals surface area contributed by atoms with Crippen molar-refractivity contribution in [3.05, 3.63) is 22.2 Å². The molecule has 0 aliphatic carbocycles. The quantitative estimate of drug-likeness (QED) is 0.0875. The summed E-state index contributed by atoms with van der Waals surface area (Å²) in [5.74, 6) is -2.09. The second-order valence-corrected chi connectivity index (χ2v) is 4.70.